The van der Waals surface area contributed by atoms with E-state index in [0.717, 1.165) is 5.56 Å². The smallest absolute Gasteiger partial charge is 0.326 e. The summed E-state index contributed by atoms with van der Waals surface area (Å²) in [6.07, 6.45) is 3.42. The fourth-order valence-corrected chi connectivity index (χ4v) is 4.31. The third-order valence-corrected chi connectivity index (χ3v) is 6.53. The van der Waals surface area contributed by atoms with Crippen molar-refractivity contribution >= 4 is 48.1 Å². The molecule has 5 N–H and O–H groups in total. The monoisotopic (exact) mass is 496 g/mol. The molecule has 11 heteroatoms. The van der Waals surface area contributed by atoms with Gasteiger partial charge in [-0.2, -0.15) is 24.4 Å². The maximum Gasteiger partial charge on any atom is 0.326 e. The van der Waals surface area contributed by atoms with E-state index in [1.807, 2.05) is 36.6 Å². The van der Waals surface area contributed by atoms with Crippen LogP contribution in [-0.2, 0) is 25.6 Å². The molecule has 182 valence electrons. The van der Waals surface area contributed by atoms with Crippen molar-refractivity contribution < 1.29 is 24.3 Å². The van der Waals surface area contributed by atoms with Gasteiger partial charge in [0, 0.05) is 18.7 Å². The summed E-state index contributed by atoms with van der Waals surface area (Å²) in [4.78, 5) is 51.7. The molecule has 0 aliphatic carbocycles. The highest BCUT2D eigenvalue weighted by molar-refractivity contribution is 7.98. The second kappa shape index (κ2) is 13.5. The second-order valence-electron chi connectivity index (χ2n) is 7.91. The van der Waals surface area contributed by atoms with E-state index in [1.54, 1.807) is 0 Å². The van der Waals surface area contributed by atoms with Crippen molar-refractivity contribution in [3.63, 3.8) is 0 Å². The van der Waals surface area contributed by atoms with Gasteiger partial charge in [-0.05, 0) is 36.8 Å². The molecule has 1 saturated heterocycles. The van der Waals surface area contributed by atoms with E-state index < -0.39 is 47.9 Å². The van der Waals surface area contributed by atoms with Crippen molar-refractivity contribution in [1.29, 1.82) is 0 Å². The van der Waals surface area contributed by atoms with Gasteiger partial charge in [0.2, 0.25) is 17.7 Å². The number of carboxylic acid groups (broad SMARTS) is 1. The van der Waals surface area contributed by atoms with Crippen molar-refractivity contribution in [2.45, 2.75) is 49.9 Å². The zero-order valence-corrected chi connectivity index (χ0v) is 20.3. The summed E-state index contributed by atoms with van der Waals surface area (Å²) in [5.74, 6) is -1.79. The van der Waals surface area contributed by atoms with E-state index in [2.05, 4.69) is 23.3 Å². The summed E-state index contributed by atoms with van der Waals surface area (Å²) < 4.78 is 0. The quantitative estimate of drug-likeness (QED) is 0.262. The van der Waals surface area contributed by atoms with Crippen LogP contribution in [0.15, 0.2) is 30.3 Å². The van der Waals surface area contributed by atoms with Gasteiger partial charge in [0.15, 0.2) is 0 Å². The Kier molecular flexibility index (Phi) is 11.0. The molecule has 0 radical (unpaired) electrons. The van der Waals surface area contributed by atoms with Gasteiger partial charge in [-0.15, -0.1) is 0 Å². The number of thioether (sulfide) groups is 1. The fraction of sp³-hybridized carbons (Fsp3) is 0.545. The predicted molar refractivity (Wildman–Crippen MR) is 131 cm³/mol. The normalized spacial score (nSPS) is 18.3. The first-order valence-electron chi connectivity index (χ1n) is 10.8. The maximum atomic E-state index is 13.5. The Hall–Kier alpha value is -2.24. The highest BCUT2D eigenvalue weighted by Crippen LogP contribution is 2.20. The van der Waals surface area contributed by atoms with E-state index in [4.69, 9.17) is 5.73 Å². The van der Waals surface area contributed by atoms with E-state index >= 15 is 0 Å². The molecule has 0 bridgehead atoms. The Labute approximate surface area is 203 Å². The summed E-state index contributed by atoms with van der Waals surface area (Å²) in [7, 11) is 0. The zero-order chi connectivity index (χ0) is 24.4. The molecule has 1 aliphatic rings. The van der Waals surface area contributed by atoms with E-state index in [1.165, 1.54) is 16.7 Å². The number of rotatable bonds is 12. The molecular weight excluding hydrogens is 464 g/mol. The summed E-state index contributed by atoms with van der Waals surface area (Å²) >= 11 is 5.54. The topological polar surface area (TPSA) is 142 Å². The number of aliphatic carboxylic acids is 1. The van der Waals surface area contributed by atoms with Gasteiger partial charge in [-0.25, -0.2) is 4.79 Å². The molecule has 1 aromatic rings. The van der Waals surface area contributed by atoms with Crippen LogP contribution in [0, 0.1) is 0 Å². The molecular formula is C22H32N4O5S2. The van der Waals surface area contributed by atoms with E-state index in [-0.39, 0.29) is 18.6 Å². The SMILES string of the molecule is CSCCC(NC(=O)C1CCCN1C(=O)C(Cc1ccccc1)NC(=O)C(N)CS)C(=O)O. The van der Waals surface area contributed by atoms with Crippen molar-refractivity contribution in [1.82, 2.24) is 15.5 Å². The summed E-state index contributed by atoms with van der Waals surface area (Å²) in [5, 5.41) is 14.7. The van der Waals surface area contributed by atoms with Gasteiger partial charge in [-0.1, -0.05) is 30.3 Å². The number of hydrogen-bond acceptors (Lipinski definition) is 7. The first-order chi connectivity index (χ1) is 15.8. The average molecular weight is 497 g/mol. The average Bonchev–Trinajstić information content (AvgIpc) is 3.30. The Morgan fingerprint density at radius 1 is 1.21 bits per heavy atom. The largest absolute Gasteiger partial charge is 0.480 e. The highest BCUT2D eigenvalue weighted by Gasteiger charge is 2.39. The molecule has 4 atom stereocenters. The van der Waals surface area contributed by atoms with Gasteiger partial charge in [0.05, 0.1) is 6.04 Å². The lowest BCUT2D eigenvalue weighted by Gasteiger charge is -2.30. The number of thiol groups is 1. The zero-order valence-electron chi connectivity index (χ0n) is 18.6. The number of nitrogens with zero attached hydrogens (tertiary/aromatic N) is 1. The lowest BCUT2D eigenvalue weighted by atomic mass is 10.0. The first kappa shape index (κ1) is 27.0. The van der Waals surface area contributed by atoms with E-state index in [9.17, 15) is 24.3 Å². The Morgan fingerprint density at radius 3 is 2.52 bits per heavy atom. The van der Waals surface area contributed by atoms with Crippen LogP contribution in [0.25, 0.3) is 0 Å². The molecule has 33 heavy (non-hydrogen) atoms. The van der Waals surface area contributed by atoms with Gasteiger partial charge in [-0.3, -0.25) is 14.4 Å². The summed E-state index contributed by atoms with van der Waals surface area (Å²) in [5.41, 5.74) is 6.62. The molecule has 1 heterocycles. The van der Waals surface area contributed by atoms with Gasteiger partial charge >= 0.3 is 5.97 Å². The third kappa shape index (κ3) is 7.94. The molecule has 9 nitrogen and oxygen atoms in total. The minimum absolute atomic E-state index is 0.124. The molecule has 2 rings (SSSR count). The number of carbonyl (C=O) groups is 4. The summed E-state index contributed by atoms with van der Waals surface area (Å²) in [6, 6.07) is 5.64. The van der Waals surface area contributed by atoms with Crippen LogP contribution in [0.4, 0.5) is 0 Å². The molecule has 1 aromatic carbocycles. The Morgan fingerprint density at radius 2 is 1.91 bits per heavy atom. The molecule has 1 aliphatic heterocycles. The van der Waals surface area contributed by atoms with Crippen LogP contribution in [-0.4, -0.2) is 82.2 Å². The molecule has 0 spiro atoms. The number of carboxylic acids is 1. The summed E-state index contributed by atoms with van der Waals surface area (Å²) in [6.45, 7) is 0.346. The number of amides is 3. The molecule has 3 amide bonds. The van der Waals surface area contributed by atoms with Crippen LogP contribution >= 0.6 is 24.4 Å². The van der Waals surface area contributed by atoms with Crippen molar-refractivity contribution in [2.75, 3.05) is 24.3 Å². The second-order valence-corrected chi connectivity index (χ2v) is 9.26. The standard InChI is InChI=1S/C22H32N4O5S2/c1-33-11-9-16(22(30)31)24-20(28)18-8-5-10-26(18)21(29)17(25-19(27)15(23)13-32)12-14-6-3-2-4-7-14/h2-4,6-7,15-18,32H,5,8-13,23H2,1H3,(H,24,28)(H,25,27)(H,30,31). The third-order valence-electron chi connectivity index (χ3n) is 5.49. The minimum Gasteiger partial charge on any atom is -0.480 e. The van der Waals surface area contributed by atoms with Crippen LogP contribution in [0.1, 0.15) is 24.8 Å². The van der Waals surface area contributed by atoms with Crippen molar-refractivity contribution in [3.8, 4) is 0 Å². The number of benzene rings is 1. The lowest BCUT2D eigenvalue weighted by molar-refractivity contribution is -0.144. The molecule has 4 unspecified atom stereocenters. The minimum atomic E-state index is -1.11. The molecule has 0 saturated carbocycles. The highest BCUT2D eigenvalue weighted by atomic mass is 32.2. The van der Waals surface area contributed by atoms with Crippen molar-refractivity contribution in [2.24, 2.45) is 5.73 Å². The lowest BCUT2D eigenvalue weighted by Crippen LogP contribution is -2.57. The molecule has 1 fully saturated rings. The van der Waals surface area contributed by atoms with Crippen LogP contribution in [0.3, 0.4) is 0 Å². The Balaban J connectivity index is 2.17. The molecule has 0 aromatic heterocycles. The van der Waals surface area contributed by atoms with Crippen LogP contribution < -0.4 is 16.4 Å². The van der Waals surface area contributed by atoms with Gasteiger partial charge in [0.25, 0.3) is 0 Å². The predicted octanol–water partition coefficient (Wildman–Crippen LogP) is 0.285. The van der Waals surface area contributed by atoms with Crippen molar-refractivity contribution in [3.05, 3.63) is 35.9 Å². The number of carbonyl (C=O) groups excluding carboxylic acids is 3. The number of hydrogen-bond donors (Lipinski definition) is 5. The fourth-order valence-electron chi connectivity index (χ4n) is 3.68. The van der Waals surface area contributed by atoms with Crippen LogP contribution in [0.5, 0.6) is 0 Å². The number of likely N-dealkylation sites (tertiary alicyclic amines) is 1. The van der Waals surface area contributed by atoms with Crippen LogP contribution in [0.2, 0.25) is 0 Å². The first-order valence-corrected chi connectivity index (χ1v) is 12.8. The van der Waals surface area contributed by atoms with Gasteiger partial charge in [0.1, 0.15) is 18.1 Å². The van der Waals surface area contributed by atoms with Gasteiger partial charge < -0.3 is 26.4 Å². The Bertz CT molecular complexity index is 826. The number of nitrogens with one attached hydrogen (secondary N) is 2. The maximum absolute atomic E-state index is 13.5. The number of nitrogens with two attached hydrogens (primary N) is 1. The van der Waals surface area contributed by atoms with E-state index in [0.29, 0.717) is 25.1 Å².